The van der Waals surface area contributed by atoms with Crippen molar-refractivity contribution in [2.45, 2.75) is 5.16 Å². The third-order valence-electron chi connectivity index (χ3n) is 3.61. The second-order valence-electron chi connectivity index (χ2n) is 5.62. The van der Waals surface area contributed by atoms with Crippen molar-refractivity contribution in [3.63, 3.8) is 0 Å². The number of hydrogen-bond donors (Lipinski definition) is 1. The standard InChI is InChI=1S/C18H14Cl3N5OS/c1-26-17(11-3-2-4-13(19)7-11)24-25-18(26)28-10-16(27)23-22-9-12-5-6-14(20)8-15(12)21/h2-9H,10H2,1H3,(H,23,27). The van der Waals surface area contributed by atoms with Crippen molar-refractivity contribution >= 4 is 58.7 Å². The van der Waals surface area contributed by atoms with E-state index < -0.39 is 0 Å². The molecule has 0 unspecified atom stereocenters. The highest BCUT2D eigenvalue weighted by atomic mass is 35.5. The molecule has 0 aliphatic rings. The summed E-state index contributed by atoms with van der Waals surface area (Å²) in [6.07, 6.45) is 1.46. The van der Waals surface area contributed by atoms with Crippen molar-refractivity contribution in [3.8, 4) is 11.4 Å². The molecule has 1 aromatic heterocycles. The van der Waals surface area contributed by atoms with Gasteiger partial charge in [-0.3, -0.25) is 4.79 Å². The number of benzene rings is 2. The summed E-state index contributed by atoms with van der Waals surface area (Å²) in [4.78, 5) is 12.0. The van der Waals surface area contributed by atoms with Gasteiger partial charge in [-0.25, -0.2) is 5.43 Å². The average Bonchev–Trinajstić information content (AvgIpc) is 3.02. The molecule has 2 aromatic carbocycles. The summed E-state index contributed by atoms with van der Waals surface area (Å²) in [7, 11) is 1.83. The number of rotatable bonds is 6. The summed E-state index contributed by atoms with van der Waals surface area (Å²) in [5.74, 6) is 0.521. The van der Waals surface area contributed by atoms with Crippen LogP contribution in [0.4, 0.5) is 0 Å². The van der Waals surface area contributed by atoms with E-state index in [1.54, 1.807) is 28.8 Å². The largest absolute Gasteiger partial charge is 0.305 e. The highest BCUT2D eigenvalue weighted by Crippen LogP contribution is 2.24. The van der Waals surface area contributed by atoms with Gasteiger partial charge in [0.1, 0.15) is 0 Å². The second kappa shape index (κ2) is 9.43. The van der Waals surface area contributed by atoms with Crippen LogP contribution in [-0.4, -0.2) is 32.6 Å². The van der Waals surface area contributed by atoms with E-state index in [2.05, 4.69) is 20.7 Å². The Labute approximate surface area is 180 Å². The maximum atomic E-state index is 12.0. The van der Waals surface area contributed by atoms with Gasteiger partial charge in [0, 0.05) is 28.2 Å². The predicted molar refractivity (Wildman–Crippen MR) is 114 cm³/mol. The molecule has 28 heavy (non-hydrogen) atoms. The highest BCUT2D eigenvalue weighted by molar-refractivity contribution is 7.99. The zero-order valence-electron chi connectivity index (χ0n) is 14.6. The molecule has 0 spiro atoms. The normalized spacial score (nSPS) is 11.1. The minimum atomic E-state index is -0.279. The van der Waals surface area contributed by atoms with Crippen molar-refractivity contribution in [1.82, 2.24) is 20.2 Å². The molecule has 3 rings (SSSR count). The summed E-state index contributed by atoms with van der Waals surface area (Å²) in [5, 5.41) is 14.4. The summed E-state index contributed by atoms with van der Waals surface area (Å²) < 4.78 is 1.81. The number of nitrogens with zero attached hydrogens (tertiary/aromatic N) is 4. The van der Waals surface area contributed by atoms with Gasteiger partial charge in [0.05, 0.1) is 17.0 Å². The maximum absolute atomic E-state index is 12.0. The van der Waals surface area contributed by atoms with Gasteiger partial charge in [-0.15, -0.1) is 10.2 Å². The van der Waals surface area contributed by atoms with Crippen LogP contribution < -0.4 is 5.43 Å². The molecule has 0 aliphatic heterocycles. The van der Waals surface area contributed by atoms with Crippen LogP contribution in [0, 0.1) is 0 Å². The highest BCUT2D eigenvalue weighted by Gasteiger charge is 2.13. The Hall–Kier alpha value is -2.06. The predicted octanol–water partition coefficient (Wildman–Crippen LogP) is 4.68. The molecule has 6 nitrogen and oxygen atoms in total. The van der Waals surface area contributed by atoms with Crippen LogP contribution in [0.2, 0.25) is 15.1 Å². The first kappa shape index (κ1) is 20.7. The number of thioether (sulfide) groups is 1. The molecule has 1 N–H and O–H groups in total. The Kier molecular flexibility index (Phi) is 6.96. The fourth-order valence-corrected chi connectivity index (χ4v) is 3.61. The molecule has 144 valence electrons. The van der Waals surface area contributed by atoms with Crippen molar-refractivity contribution < 1.29 is 4.79 Å². The van der Waals surface area contributed by atoms with E-state index in [-0.39, 0.29) is 11.7 Å². The van der Waals surface area contributed by atoms with Crippen LogP contribution in [0.25, 0.3) is 11.4 Å². The van der Waals surface area contributed by atoms with Gasteiger partial charge in [0.2, 0.25) is 0 Å². The number of amides is 1. The number of carbonyl (C=O) groups is 1. The zero-order valence-corrected chi connectivity index (χ0v) is 17.6. The Morgan fingerprint density at radius 2 is 1.96 bits per heavy atom. The molecule has 0 atom stereocenters. The first-order valence-corrected chi connectivity index (χ1v) is 10.1. The monoisotopic (exact) mass is 453 g/mol. The number of aromatic nitrogens is 3. The van der Waals surface area contributed by atoms with E-state index in [0.29, 0.717) is 31.6 Å². The fraction of sp³-hybridized carbons (Fsp3) is 0.111. The average molecular weight is 455 g/mol. The third-order valence-corrected chi connectivity index (χ3v) is 5.42. The first-order valence-electron chi connectivity index (χ1n) is 7.99. The lowest BCUT2D eigenvalue weighted by Gasteiger charge is -2.04. The van der Waals surface area contributed by atoms with E-state index in [9.17, 15) is 4.79 Å². The SMILES string of the molecule is Cn1c(SCC(=O)NN=Cc2ccc(Cl)cc2Cl)nnc1-c1cccc(Cl)c1. The van der Waals surface area contributed by atoms with Crippen LogP contribution >= 0.6 is 46.6 Å². The summed E-state index contributed by atoms with van der Waals surface area (Å²) in [6, 6.07) is 12.4. The van der Waals surface area contributed by atoms with Crippen LogP contribution in [0.3, 0.4) is 0 Å². The van der Waals surface area contributed by atoms with Gasteiger partial charge in [0.15, 0.2) is 11.0 Å². The van der Waals surface area contributed by atoms with Gasteiger partial charge in [0.25, 0.3) is 5.91 Å². The Bertz CT molecular complexity index is 1040. The smallest absolute Gasteiger partial charge is 0.250 e. The van der Waals surface area contributed by atoms with E-state index in [4.69, 9.17) is 34.8 Å². The molecule has 1 heterocycles. The minimum Gasteiger partial charge on any atom is -0.305 e. The van der Waals surface area contributed by atoms with Crippen molar-refractivity contribution in [2.75, 3.05) is 5.75 Å². The van der Waals surface area contributed by atoms with Gasteiger partial charge < -0.3 is 4.57 Å². The minimum absolute atomic E-state index is 0.132. The van der Waals surface area contributed by atoms with Gasteiger partial charge in [-0.2, -0.15) is 5.10 Å². The summed E-state index contributed by atoms with van der Waals surface area (Å²) >= 11 is 19.2. The number of hydrazone groups is 1. The van der Waals surface area contributed by atoms with E-state index >= 15 is 0 Å². The van der Waals surface area contributed by atoms with E-state index in [1.807, 2.05) is 25.2 Å². The van der Waals surface area contributed by atoms with Gasteiger partial charge in [-0.1, -0.05) is 64.8 Å². The molecule has 3 aromatic rings. The number of halogens is 3. The van der Waals surface area contributed by atoms with Crippen molar-refractivity contribution in [2.24, 2.45) is 12.1 Å². The fourth-order valence-electron chi connectivity index (χ4n) is 2.26. The molecule has 1 amide bonds. The lowest BCUT2D eigenvalue weighted by molar-refractivity contribution is -0.118. The van der Waals surface area contributed by atoms with Gasteiger partial charge >= 0.3 is 0 Å². The lowest BCUT2D eigenvalue weighted by Crippen LogP contribution is -2.20. The molecule has 0 aliphatic carbocycles. The Morgan fingerprint density at radius 1 is 1.18 bits per heavy atom. The van der Waals surface area contributed by atoms with Gasteiger partial charge in [-0.05, 0) is 24.3 Å². The molecule has 0 saturated carbocycles. The number of carbonyl (C=O) groups excluding carboxylic acids is 1. The maximum Gasteiger partial charge on any atom is 0.250 e. The molecule has 0 fully saturated rings. The zero-order chi connectivity index (χ0) is 20.1. The summed E-state index contributed by atoms with van der Waals surface area (Å²) in [5.41, 5.74) is 3.95. The van der Waals surface area contributed by atoms with Crippen molar-refractivity contribution in [1.29, 1.82) is 0 Å². The van der Waals surface area contributed by atoms with Crippen molar-refractivity contribution in [3.05, 3.63) is 63.1 Å². The molecule has 0 saturated heterocycles. The Balaban J connectivity index is 1.57. The molecular formula is C18H14Cl3N5OS. The first-order chi connectivity index (χ1) is 13.4. The molecular weight excluding hydrogens is 441 g/mol. The number of hydrogen-bond acceptors (Lipinski definition) is 5. The van der Waals surface area contributed by atoms with E-state index in [1.165, 1.54) is 18.0 Å². The molecule has 0 bridgehead atoms. The Morgan fingerprint density at radius 3 is 2.71 bits per heavy atom. The van der Waals surface area contributed by atoms with Crippen LogP contribution in [0.1, 0.15) is 5.56 Å². The van der Waals surface area contributed by atoms with Crippen LogP contribution in [0.15, 0.2) is 52.7 Å². The topological polar surface area (TPSA) is 72.2 Å². The third kappa shape index (κ3) is 5.26. The van der Waals surface area contributed by atoms with Crippen LogP contribution in [-0.2, 0) is 11.8 Å². The quantitative estimate of drug-likeness (QED) is 0.333. The lowest BCUT2D eigenvalue weighted by atomic mass is 10.2. The van der Waals surface area contributed by atoms with Crippen LogP contribution in [0.5, 0.6) is 0 Å². The molecule has 0 radical (unpaired) electrons. The summed E-state index contributed by atoms with van der Waals surface area (Å²) in [6.45, 7) is 0. The number of nitrogens with one attached hydrogen (secondary N) is 1. The van der Waals surface area contributed by atoms with E-state index in [0.717, 1.165) is 5.56 Å². The second-order valence-corrected chi connectivity index (χ2v) is 7.85. The molecule has 10 heteroatoms.